The maximum atomic E-state index is 12.1. The molecule has 0 saturated carbocycles. The first-order valence-corrected chi connectivity index (χ1v) is 16.0. The Hall–Kier alpha value is -1.51. The van der Waals surface area contributed by atoms with Gasteiger partial charge in [-0.1, -0.05) is 163 Å². The minimum Gasteiger partial charge on any atom is -0.507 e. The van der Waals surface area contributed by atoms with Crippen molar-refractivity contribution < 1.29 is 15.0 Å². The van der Waals surface area contributed by atoms with E-state index in [1.165, 1.54) is 89.9 Å². The van der Waals surface area contributed by atoms with Crippen LogP contribution in [0.5, 0.6) is 5.75 Å². The van der Waals surface area contributed by atoms with Crippen molar-refractivity contribution in [2.24, 2.45) is 5.92 Å². The molecule has 1 atom stereocenters. The zero-order valence-corrected chi connectivity index (χ0v) is 26.3. The molecule has 0 amide bonds. The Bertz CT molecular complexity index is 782. The summed E-state index contributed by atoms with van der Waals surface area (Å²) in [6.07, 6.45) is 22.4. The summed E-state index contributed by atoms with van der Waals surface area (Å²) in [6.45, 7) is 14.9. The highest BCUT2D eigenvalue weighted by Gasteiger charge is 2.30. The predicted molar refractivity (Wildman–Crippen MR) is 164 cm³/mol. The molecule has 0 spiro atoms. The van der Waals surface area contributed by atoms with Crippen LogP contribution in [0.1, 0.15) is 174 Å². The normalized spacial score (nSPS) is 13.1. The number of aliphatic carboxylic acids is 1. The Morgan fingerprint density at radius 2 is 1.11 bits per heavy atom. The highest BCUT2D eigenvalue weighted by atomic mass is 16.4. The molecule has 0 aliphatic heterocycles. The van der Waals surface area contributed by atoms with Crippen LogP contribution in [0.2, 0.25) is 0 Å². The Morgan fingerprint density at radius 3 is 1.47 bits per heavy atom. The molecule has 0 aliphatic rings. The van der Waals surface area contributed by atoms with Gasteiger partial charge in [0.2, 0.25) is 0 Å². The van der Waals surface area contributed by atoms with E-state index in [2.05, 4.69) is 54.5 Å². The van der Waals surface area contributed by atoms with Gasteiger partial charge in [-0.25, -0.2) is 0 Å². The average molecular weight is 531 g/mol. The molecule has 1 aromatic carbocycles. The van der Waals surface area contributed by atoms with E-state index in [9.17, 15) is 15.0 Å². The summed E-state index contributed by atoms with van der Waals surface area (Å²) >= 11 is 0. The first kappa shape index (κ1) is 34.5. The van der Waals surface area contributed by atoms with Crippen LogP contribution in [0, 0.1) is 5.92 Å². The number of carboxylic acids is 1. The molecule has 0 radical (unpaired) electrons. The average Bonchev–Trinajstić information content (AvgIpc) is 2.81. The van der Waals surface area contributed by atoms with E-state index in [0.29, 0.717) is 18.6 Å². The molecule has 3 nitrogen and oxygen atoms in total. The first-order valence-electron chi connectivity index (χ1n) is 16.0. The van der Waals surface area contributed by atoms with Crippen molar-refractivity contribution in [2.75, 3.05) is 0 Å². The van der Waals surface area contributed by atoms with Gasteiger partial charge >= 0.3 is 5.97 Å². The smallest absolute Gasteiger partial charge is 0.306 e. The van der Waals surface area contributed by atoms with Crippen molar-refractivity contribution in [3.05, 3.63) is 28.8 Å². The summed E-state index contributed by atoms with van der Waals surface area (Å²) in [6, 6.07) is 4.05. The zero-order chi connectivity index (χ0) is 28.6. The van der Waals surface area contributed by atoms with Crippen LogP contribution in [0.15, 0.2) is 12.1 Å². The highest BCUT2D eigenvalue weighted by Crippen LogP contribution is 2.41. The fourth-order valence-corrected chi connectivity index (χ4v) is 5.76. The van der Waals surface area contributed by atoms with Gasteiger partial charge in [0.25, 0.3) is 0 Å². The molecule has 220 valence electrons. The number of phenolic OH excluding ortho intramolecular Hbond substituents is 1. The van der Waals surface area contributed by atoms with Crippen molar-refractivity contribution in [3.8, 4) is 5.75 Å². The lowest BCUT2D eigenvalue weighted by Crippen LogP contribution is -2.22. The lowest BCUT2D eigenvalue weighted by molar-refractivity contribution is -0.142. The highest BCUT2D eigenvalue weighted by molar-refractivity contribution is 5.70. The molecular weight excluding hydrogens is 468 g/mol. The number of phenols is 1. The zero-order valence-electron chi connectivity index (χ0n) is 26.3. The quantitative estimate of drug-likeness (QED) is 0.165. The first-order chi connectivity index (χ1) is 17.9. The van der Waals surface area contributed by atoms with Gasteiger partial charge in [0.15, 0.2) is 0 Å². The monoisotopic (exact) mass is 530 g/mol. The van der Waals surface area contributed by atoms with Crippen LogP contribution in [-0.4, -0.2) is 16.2 Å². The van der Waals surface area contributed by atoms with Gasteiger partial charge < -0.3 is 10.2 Å². The second kappa shape index (κ2) is 18.0. The Balaban J connectivity index is 2.36. The summed E-state index contributed by atoms with van der Waals surface area (Å²) in [5.74, 6) is -0.776. The lowest BCUT2D eigenvalue weighted by atomic mass is 9.75. The van der Waals surface area contributed by atoms with Gasteiger partial charge in [-0.15, -0.1) is 0 Å². The third-order valence-electron chi connectivity index (χ3n) is 8.04. The van der Waals surface area contributed by atoms with Crippen LogP contribution in [0.3, 0.4) is 0 Å². The molecule has 38 heavy (non-hydrogen) atoms. The van der Waals surface area contributed by atoms with Crippen molar-refractivity contribution >= 4 is 5.97 Å². The molecule has 0 aliphatic carbocycles. The number of carbonyl (C=O) groups is 1. The predicted octanol–water partition coefficient (Wildman–Crippen LogP) is 10.9. The fourth-order valence-electron chi connectivity index (χ4n) is 5.76. The van der Waals surface area contributed by atoms with E-state index in [0.717, 1.165) is 29.5 Å². The number of unbranched alkanes of at least 4 members (excludes halogenated alkanes) is 15. The Labute approximate surface area is 236 Å². The standard InChI is InChI=1S/C35H62O3/c1-8-9-10-11-12-13-14-15-16-17-18-19-20-21-22-23-24-29(33(37)38)27-28-25-26-30(34(2,3)4)32(36)31(28)35(5,6)7/h25-26,29,36H,8-24,27H2,1-7H3,(H,37,38). The van der Waals surface area contributed by atoms with Crippen molar-refractivity contribution in [2.45, 2.75) is 175 Å². The number of hydrogen-bond donors (Lipinski definition) is 2. The fraction of sp³-hybridized carbons (Fsp3) is 0.800. The van der Waals surface area contributed by atoms with E-state index in [4.69, 9.17) is 0 Å². The topological polar surface area (TPSA) is 57.5 Å². The van der Waals surface area contributed by atoms with Crippen LogP contribution >= 0.6 is 0 Å². The third kappa shape index (κ3) is 13.5. The number of benzene rings is 1. The maximum absolute atomic E-state index is 12.1. The number of aromatic hydroxyl groups is 1. The summed E-state index contributed by atoms with van der Waals surface area (Å²) < 4.78 is 0. The lowest BCUT2D eigenvalue weighted by Gasteiger charge is -2.30. The summed E-state index contributed by atoms with van der Waals surface area (Å²) in [5.41, 5.74) is 2.39. The third-order valence-corrected chi connectivity index (χ3v) is 8.04. The molecule has 2 N–H and O–H groups in total. The summed E-state index contributed by atoms with van der Waals surface area (Å²) in [5, 5.41) is 21.1. The van der Waals surface area contributed by atoms with E-state index in [1.54, 1.807) is 0 Å². The van der Waals surface area contributed by atoms with Gasteiger partial charge in [0.05, 0.1) is 5.92 Å². The van der Waals surface area contributed by atoms with Gasteiger partial charge in [-0.05, 0) is 34.8 Å². The van der Waals surface area contributed by atoms with Crippen LogP contribution in [-0.2, 0) is 22.0 Å². The van der Waals surface area contributed by atoms with E-state index in [1.807, 2.05) is 6.07 Å². The molecule has 0 bridgehead atoms. The van der Waals surface area contributed by atoms with Gasteiger partial charge in [0.1, 0.15) is 5.75 Å². The van der Waals surface area contributed by atoms with Crippen LogP contribution in [0.25, 0.3) is 0 Å². The number of hydrogen-bond acceptors (Lipinski definition) is 2. The van der Waals surface area contributed by atoms with Gasteiger partial charge in [-0.2, -0.15) is 0 Å². The molecule has 0 saturated heterocycles. The molecule has 3 heteroatoms. The van der Waals surface area contributed by atoms with Crippen molar-refractivity contribution in [1.29, 1.82) is 0 Å². The summed E-state index contributed by atoms with van der Waals surface area (Å²) in [4.78, 5) is 12.1. The second-order valence-electron chi connectivity index (χ2n) is 13.8. The Morgan fingerprint density at radius 1 is 0.684 bits per heavy atom. The molecular formula is C35H62O3. The largest absolute Gasteiger partial charge is 0.507 e. The molecule has 1 unspecified atom stereocenters. The van der Waals surface area contributed by atoms with Crippen LogP contribution < -0.4 is 0 Å². The molecule has 0 aromatic heterocycles. The molecule has 1 rings (SSSR count). The van der Waals surface area contributed by atoms with E-state index >= 15 is 0 Å². The summed E-state index contributed by atoms with van der Waals surface area (Å²) in [7, 11) is 0. The molecule has 0 heterocycles. The van der Waals surface area contributed by atoms with Crippen molar-refractivity contribution in [3.63, 3.8) is 0 Å². The maximum Gasteiger partial charge on any atom is 0.306 e. The minimum absolute atomic E-state index is 0.164. The molecule has 0 fully saturated rings. The van der Waals surface area contributed by atoms with Crippen molar-refractivity contribution in [1.82, 2.24) is 0 Å². The van der Waals surface area contributed by atoms with Gasteiger partial charge in [-0.3, -0.25) is 4.79 Å². The van der Waals surface area contributed by atoms with E-state index < -0.39 is 11.9 Å². The number of rotatable bonds is 20. The van der Waals surface area contributed by atoms with Gasteiger partial charge in [0, 0.05) is 5.56 Å². The van der Waals surface area contributed by atoms with E-state index in [-0.39, 0.29) is 10.8 Å². The second-order valence-corrected chi connectivity index (χ2v) is 13.8. The SMILES string of the molecule is CCCCCCCCCCCCCCCCCCC(Cc1ccc(C(C)(C)C)c(O)c1C(C)(C)C)C(=O)O. The van der Waals surface area contributed by atoms with Crippen LogP contribution in [0.4, 0.5) is 0 Å². The minimum atomic E-state index is -0.717. The number of carboxylic acid groups (broad SMARTS) is 1. The molecule has 1 aromatic rings. The Kier molecular flexibility index (Phi) is 16.3.